The first kappa shape index (κ1) is 22.9. The minimum atomic E-state index is -6.64. The normalized spacial score (nSPS) is 13.8. The van der Waals surface area contributed by atoms with Gasteiger partial charge in [-0.25, -0.2) is 18.0 Å². The second kappa shape index (κ2) is 7.11. The molecule has 0 atom stereocenters. The summed E-state index contributed by atoms with van der Waals surface area (Å²) >= 11 is 0. The molecule has 0 aliphatic heterocycles. The smallest absolute Gasteiger partial charge is 0.419 e. The molecule has 0 aromatic heterocycles. The van der Waals surface area contributed by atoms with Gasteiger partial charge in [0.25, 0.3) is 0 Å². The van der Waals surface area contributed by atoms with Crippen molar-refractivity contribution in [3.8, 4) is 0 Å². The number of carbonyl (C=O) groups excluding carboxylic acids is 1. The standard InChI is InChI=1S/C13H6F12O2/c14-7-3-5(1-2-6(7)12(21,22)23)8(26)27-4-10(17,18)13(24,25)11(19,20)9(15)16/h1-3,9H,4H2. The van der Waals surface area contributed by atoms with Crippen molar-refractivity contribution in [3.05, 3.63) is 35.1 Å². The highest BCUT2D eigenvalue weighted by molar-refractivity contribution is 5.89. The molecule has 0 N–H and O–H groups in total. The molecule has 154 valence electrons. The van der Waals surface area contributed by atoms with E-state index in [4.69, 9.17) is 0 Å². The number of ether oxygens (including phenoxy) is 1. The SMILES string of the molecule is O=C(OCC(F)(F)C(F)(F)C(F)(F)C(F)F)c1ccc(C(F)(F)F)c(F)c1. The molecule has 0 radical (unpaired) electrons. The van der Waals surface area contributed by atoms with Crippen molar-refractivity contribution in [1.82, 2.24) is 0 Å². The summed E-state index contributed by atoms with van der Waals surface area (Å²) in [6.45, 7) is -2.83. The van der Waals surface area contributed by atoms with Gasteiger partial charge in [-0.05, 0) is 18.2 Å². The predicted molar refractivity (Wildman–Crippen MR) is 62.5 cm³/mol. The van der Waals surface area contributed by atoms with E-state index in [-0.39, 0.29) is 18.2 Å². The summed E-state index contributed by atoms with van der Waals surface area (Å²) in [5.41, 5.74) is -3.01. The minimum absolute atomic E-state index is 0.00359. The second-order valence-electron chi connectivity index (χ2n) is 4.97. The van der Waals surface area contributed by atoms with Gasteiger partial charge in [-0.1, -0.05) is 0 Å². The number of rotatable bonds is 6. The van der Waals surface area contributed by atoms with Crippen LogP contribution in [0.1, 0.15) is 15.9 Å². The van der Waals surface area contributed by atoms with Crippen LogP contribution in [0.2, 0.25) is 0 Å². The molecule has 14 heteroatoms. The molecule has 1 aromatic rings. The van der Waals surface area contributed by atoms with E-state index < -0.39 is 59.9 Å². The van der Waals surface area contributed by atoms with Crippen molar-refractivity contribution in [1.29, 1.82) is 0 Å². The lowest BCUT2D eigenvalue weighted by Gasteiger charge is -2.31. The van der Waals surface area contributed by atoms with Gasteiger partial charge in [-0.3, -0.25) is 0 Å². The van der Waals surface area contributed by atoms with Crippen molar-refractivity contribution >= 4 is 5.97 Å². The molecule has 0 heterocycles. The average molecular weight is 422 g/mol. The van der Waals surface area contributed by atoms with Crippen molar-refractivity contribution in [2.45, 2.75) is 30.4 Å². The van der Waals surface area contributed by atoms with Gasteiger partial charge in [0.2, 0.25) is 0 Å². The highest BCUT2D eigenvalue weighted by atomic mass is 19.4. The third-order valence-electron chi connectivity index (χ3n) is 3.05. The molecule has 2 nitrogen and oxygen atoms in total. The molecule has 0 fully saturated rings. The zero-order valence-corrected chi connectivity index (χ0v) is 12.4. The van der Waals surface area contributed by atoms with Gasteiger partial charge in [0, 0.05) is 0 Å². The lowest BCUT2D eigenvalue weighted by atomic mass is 10.1. The first-order chi connectivity index (χ1) is 11.9. The zero-order valence-electron chi connectivity index (χ0n) is 12.4. The Bertz CT molecular complexity index is 695. The molecule has 27 heavy (non-hydrogen) atoms. The van der Waals surface area contributed by atoms with Crippen LogP contribution in [0.4, 0.5) is 52.7 Å². The maximum absolute atomic E-state index is 13.2. The number of halogens is 12. The van der Waals surface area contributed by atoms with E-state index in [1.165, 1.54) is 0 Å². The van der Waals surface area contributed by atoms with E-state index in [2.05, 4.69) is 4.74 Å². The Morgan fingerprint density at radius 2 is 1.48 bits per heavy atom. The van der Waals surface area contributed by atoms with Gasteiger partial charge >= 0.3 is 36.3 Å². The van der Waals surface area contributed by atoms with Crippen molar-refractivity contribution in [3.63, 3.8) is 0 Å². The number of alkyl halides is 11. The minimum Gasteiger partial charge on any atom is -0.455 e. The van der Waals surface area contributed by atoms with Crippen LogP contribution >= 0.6 is 0 Å². The summed E-state index contributed by atoms with van der Waals surface area (Å²) in [6.07, 6.45) is -10.4. The third-order valence-corrected chi connectivity index (χ3v) is 3.05. The van der Waals surface area contributed by atoms with E-state index in [1.807, 2.05) is 0 Å². The molecule has 0 bridgehead atoms. The Kier molecular flexibility index (Phi) is 6.03. The van der Waals surface area contributed by atoms with Gasteiger partial charge in [0.15, 0.2) is 6.61 Å². The van der Waals surface area contributed by atoms with Gasteiger partial charge in [-0.15, -0.1) is 0 Å². The van der Waals surface area contributed by atoms with E-state index in [1.54, 1.807) is 0 Å². The van der Waals surface area contributed by atoms with Crippen LogP contribution in [0.15, 0.2) is 18.2 Å². The number of hydrogen-bond donors (Lipinski definition) is 0. The molecule has 0 unspecified atom stereocenters. The lowest BCUT2D eigenvalue weighted by molar-refractivity contribution is -0.343. The Morgan fingerprint density at radius 3 is 1.89 bits per heavy atom. The molecule has 1 rings (SSSR count). The molecule has 0 saturated carbocycles. The molecule has 1 aromatic carbocycles. The average Bonchev–Trinajstić information content (AvgIpc) is 2.50. The lowest BCUT2D eigenvalue weighted by Crippen LogP contribution is -2.59. The van der Waals surface area contributed by atoms with E-state index in [0.717, 1.165) is 0 Å². The highest BCUT2D eigenvalue weighted by Gasteiger charge is 2.75. The van der Waals surface area contributed by atoms with Crippen LogP contribution in [0.5, 0.6) is 0 Å². The number of benzene rings is 1. The second-order valence-corrected chi connectivity index (χ2v) is 4.97. The molecule has 0 spiro atoms. The van der Waals surface area contributed by atoms with Gasteiger partial charge in [-0.2, -0.15) is 39.5 Å². The summed E-state index contributed by atoms with van der Waals surface area (Å²) in [5.74, 6) is -23.2. The predicted octanol–water partition coefficient (Wildman–Crippen LogP) is 5.17. The molecule has 0 aliphatic rings. The van der Waals surface area contributed by atoms with Gasteiger partial charge in [0.05, 0.1) is 11.1 Å². The Balaban J connectivity index is 2.97. The maximum atomic E-state index is 13.2. The number of carbonyl (C=O) groups is 1. The van der Waals surface area contributed by atoms with Crippen LogP contribution in [0.3, 0.4) is 0 Å². The Hall–Kier alpha value is -2.15. The summed E-state index contributed by atoms with van der Waals surface area (Å²) < 4.78 is 155. The van der Waals surface area contributed by atoms with Crippen molar-refractivity contribution in [2.24, 2.45) is 0 Å². The molecule has 0 aliphatic carbocycles. The fourth-order valence-corrected chi connectivity index (χ4v) is 1.58. The molecule has 0 amide bonds. The molecular formula is C13H6F12O2. The van der Waals surface area contributed by atoms with Crippen molar-refractivity contribution in [2.75, 3.05) is 6.61 Å². The monoisotopic (exact) mass is 422 g/mol. The highest BCUT2D eigenvalue weighted by Crippen LogP contribution is 2.48. The fourth-order valence-electron chi connectivity index (χ4n) is 1.58. The first-order valence-electron chi connectivity index (χ1n) is 6.40. The van der Waals surface area contributed by atoms with E-state index in [0.29, 0.717) is 0 Å². The summed E-state index contributed by atoms with van der Waals surface area (Å²) in [6, 6.07) is 0.108. The third kappa shape index (κ3) is 4.40. The number of esters is 1. The Morgan fingerprint density at radius 1 is 0.963 bits per heavy atom. The molecule has 0 saturated heterocycles. The van der Waals surface area contributed by atoms with Crippen LogP contribution in [0.25, 0.3) is 0 Å². The number of hydrogen-bond acceptors (Lipinski definition) is 2. The topological polar surface area (TPSA) is 26.3 Å². The van der Waals surface area contributed by atoms with Gasteiger partial charge in [0.1, 0.15) is 5.82 Å². The fraction of sp³-hybridized carbons (Fsp3) is 0.462. The van der Waals surface area contributed by atoms with Crippen LogP contribution in [0, 0.1) is 5.82 Å². The largest absolute Gasteiger partial charge is 0.455 e. The van der Waals surface area contributed by atoms with Gasteiger partial charge < -0.3 is 4.74 Å². The van der Waals surface area contributed by atoms with Crippen molar-refractivity contribution < 1.29 is 62.2 Å². The van der Waals surface area contributed by atoms with E-state index >= 15 is 0 Å². The zero-order chi connectivity index (χ0) is 21.4. The van der Waals surface area contributed by atoms with E-state index in [9.17, 15) is 57.5 Å². The maximum Gasteiger partial charge on any atom is 0.419 e. The summed E-state index contributed by atoms with van der Waals surface area (Å²) in [4.78, 5) is 11.3. The summed E-state index contributed by atoms with van der Waals surface area (Å²) in [5, 5.41) is 0. The molecular weight excluding hydrogens is 416 g/mol. The van der Waals surface area contributed by atoms with Crippen LogP contribution in [-0.2, 0) is 10.9 Å². The first-order valence-corrected chi connectivity index (χ1v) is 6.40. The van der Waals surface area contributed by atoms with Crippen LogP contribution in [-0.4, -0.2) is 36.8 Å². The quantitative estimate of drug-likeness (QED) is 0.467. The Labute approximate surface area is 141 Å². The summed E-state index contributed by atoms with van der Waals surface area (Å²) in [7, 11) is 0. The van der Waals surface area contributed by atoms with Crippen LogP contribution < -0.4 is 0 Å².